The predicted octanol–water partition coefficient (Wildman–Crippen LogP) is 1.89. The van der Waals surface area contributed by atoms with Crippen LogP contribution in [0.2, 0.25) is 0 Å². The Balaban J connectivity index is 1.55. The second-order valence-corrected chi connectivity index (χ2v) is 6.78. The minimum atomic E-state index is -0.146. The van der Waals surface area contributed by atoms with Gasteiger partial charge in [0.15, 0.2) is 0 Å². The van der Waals surface area contributed by atoms with E-state index in [4.69, 9.17) is 4.74 Å². The van der Waals surface area contributed by atoms with E-state index in [1.165, 1.54) is 4.70 Å². The van der Waals surface area contributed by atoms with Gasteiger partial charge in [-0.05, 0) is 18.6 Å². The van der Waals surface area contributed by atoms with Crippen molar-refractivity contribution in [2.24, 2.45) is 0 Å². The van der Waals surface area contributed by atoms with E-state index < -0.39 is 0 Å². The summed E-state index contributed by atoms with van der Waals surface area (Å²) in [6, 6.07) is 7.97. The first-order valence-corrected chi connectivity index (χ1v) is 8.38. The van der Waals surface area contributed by atoms with Crippen LogP contribution < -0.4 is 10.6 Å². The topological polar surface area (TPSA) is 63.2 Å². The van der Waals surface area contributed by atoms with Crippen molar-refractivity contribution in [3.05, 3.63) is 29.3 Å². The lowest BCUT2D eigenvalue weighted by Crippen LogP contribution is -2.41. The van der Waals surface area contributed by atoms with Crippen molar-refractivity contribution in [2.75, 3.05) is 20.2 Å². The normalized spacial score (nSPS) is 22.8. The van der Waals surface area contributed by atoms with E-state index in [1.54, 1.807) is 18.4 Å². The van der Waals surface area contributed by atoms with Crippen LogP contribution in [0.15, 0.2) is 24.3 Å². The molecule has 5 nitrogen and oxygen atoms in total. The Kier molecular flexibility index (Phi) is 4.71. The van der Waals surface area contributed by atoms with Gasteiger partial charge in [0.05, 0.1) is 27.4 Å². The van der Waals surface area contributed by atoms with E-state index >= 15 is 0 Å². The number of hydrogen-bond donors (Lipinski definition) is 2. The minimum Gasteiger partial charge on any atom is -0.380 e. The van der Waals surface area contributed by atoms with Gasteiger partial charge in [0.2, 0.25) is 5.91 Å². The van der Waals surface area contributed by atoms with Gasteiger partial charge < -0.3 is 15.4 Å². The fourth-order valence-electron chi connectivity index (χ4n) is 2.65. The van der Waals surface area contributed by atoms with E-state index in [-0.39, 0.29) is 24.0 Å². The Morgan fingerprint density at radius 1 is 1.55 bits per heavy atom. The van der Waals surface area contributed by atoms with Crippen LogP contribution >= 0.6 is 11.3 Å². The van der Waals surface area contributed by atoms with Crippen LogP contribution in [0.1, 0.15) is 24.3 Å². The molecule has 1 aromatic heterocycles. The molecule has 1 amide bonds. The van der Waals surface area contributed by atoms with Gasteiger partial charge in [-0.25, -0.2) is 4.98 Å². The number of nitrogens with zero attached hydrogens (tertiary/aromatic N) is 1. The number of hydrogen-bond acceptors (Lipinski definition) is 5. The average Bonchev–Trinajstić information content (AvgIpc) is 3.18. The number of carbonyl (C=O) groups is 1. The van der Waals surface area contributed by atoms with Gasteiger partial charge in [0.1, 0.15) is 0 Å². The lowest BCUT2D eigenvalue weighted by molar-refractivity contribution is -0.123. The SMILES string of the molecule is CO[C@@H]1CN[C@@H](C(=O)NC[C@@H](C)c2nc3ccccc3s2)C1. The molecular weight excluding hydrogens is 298 g/mol. The fraction of sp³-hybridized carbons (Fsp3) is 0.500. The molecule has 118 valence electrons. The van der Waals surface area contributed by atoms with Crippen molar-refractivity contribution in [1.82, 2.24) is 15.6 Å². The predicted molar refractivity (Wildman–Crippen MR) is 88.2 cm³/mol. The summed E-state index contributed by atoms with van der Waals surface area (Å²) in [6.45, 7) is 3.44. The molecule has 1 aliphatic heterocycles. The molecule has 3 atom stereocenters. The molecule has 0 radical (unpaired) electrons. The highest BCUT2D eigenvalue weighted by atomic mass is 32.1. The Labute approximate surface area is 134 Å². The summed E-state index contributed by atoms with van der Waals surface area (Å²) in [5, 5.41) is 7.28. The van der Waals surface area contributed by atoms with Crippen molar-refractivity contribution in [3.8, 4) is 0 Å². The molecule has 0 bridgehead atoms. The molecule has 2 aromatic rings. The maximum atomic E-state index is 12.2. The second kappa shape index (κ2) is 6.73. The first kappa shape index (κ1) is 15.4. The first-order valence-electron chi connectivity index (χ1n) is 7.56. The smallest absolute Gasteiger partial charge is 0.237 e. The fourth-order valence-corrected chi connectivity index (χ4v) is 3.67. The Bertz CT molecular complexity index is 625. The van der Waals surface area contributed by atoms with Gasteiger partial charge >= 0.3 is 0 Å². The zero-order chi connectivity index (χ0) is 15.5. The highest BCUT2D eigenvalue weighted by molar-refractivity contribution is 7.18. The number of aromatic nitrogens is 1. The molecule has 1 saturated heterocycles. The molecule has 0 saturated carbocycles. The van der Waals surface area contributed by atoms with Crippen molar-refractivity contribution >= 4 is 27.5 Å². The summed E-state index contributed by atoms with van der Waals surface area (Å²) in [4.78, 5) is 16.8. The van der Waals surface area contributed by atoms with Crippen LogP contribution in [0.25, 0.3) is 10.2 Å². The van der Waals surface area contributed by atoms with E-state index in [0.717, 1.165) is 23.5 Å². The zero-order valence-corrected chi connectivity index (χ0v) is 13.7. The zero-order valence-electron chi connectivity index (χ0n) is 12.8. The van der Waals surface area contributed by atoms with E-state index in [0.29, 0.717) is 6.54 Å². The van der Waals surface area contributed by atoms with E-state index in [1.807, 2.05) is 18.2 Å². The third kappa shape index (κ3) is 3.29. The van der Waals surface area contributed by atoms with Crippen molar-refractivity contribution in [3.63, 3.8) is 0 Å². The lowest BCUT2D eigenvalue weighted by atomic mass is 10.1. The number of amides is 1. The molecule has 0 aliphatic carbocycles. The molecule has 6 heteroatoms. The van der Waals surface area contributed by atoms with E-state index in [2.05, 4.69) is 28.6 Å². The highest BCUT2D eigenvalue weighted by Crippen LogP contribution is 2.26. The van der Waals surface area contributed by atoms with Crippen molar-refractivity contribution in [2.45, 2.75) is 31.4 Å². The first-order chi connectivity index (χ1) is 10.7. The summed E-state index contributed by atoms with van der Waals surface area (Å²) in [5.74, 6) is 0.258. The monoisotopic (exact) mass is 319 g/mol. The molecule has 3 rings (SSSR count). The Morgan fingerprint density at radius 2 is 2.36 bits per heavy atom. The second-order valence-electron chi connectivity index (χ2n) is 5.72. The number of para-hydroxylation sites is 1. The average molecular weight is 319 g/mol. The standard InChI is InChI=1S/C16H21N3O2S/c1-10(16-19-12-5-3-4-6-14(12)22-16)8-18-15(20)13-7-11(21-2)9-17-13/h3-6,10-11,13,17H,7-9H2,1-2H3,(H,18,20)/t10-,11+,13-/m1/s1. The Morgan fingerprint density at radius 3 is 3.09 bits per heavy atom. The number of methoxy groups -OCH3 is 1. The minimum absolute atomic E-state index is 0.0486. The molecule has 0 unspecified atom stereocenters. The van der Waals surface area contributed by atoms with Crippen molar-refractivity contribution < 1.29 is 9.53 Å². The summed E-state index contributed by atoms with van der Waals surface area (Å²) in [7, 11) is 1.68. The Hall–Kier alpha value is -1.50. The maximum Gasteiger partial charge on any atom is 0.237 e. The number of fused-ring (bicyclic) bond motifs is 1. The molecule has 1 aromatic carbocycles. The molecule has 2 heterocycles. The van der Waals surface area contributed by atoms with Crippen LogP contribution in [0, 0.1) is 0 Å². The molecule has 2 N–H and O–H groups in total. The van der Waals surface area contributed by atoms with Crippen LogP contribution in [-0.2, 0) is 9.53 Å². The third-order valence-electron chi connectivity index (χ3n) is 4.05. The van der Waals surface area contributed by atoms with Crippen LogP contribution in [0.4, 0.5) is 0 Å². The van der Waals surface area contributed by atoms with Gasteiger partial charge in [0.25, 0.3) is 0 Å². The number of nitrogens with one attached hydrogen (secondary N) is 2. The molecule has 1 aliphatic rings. The highest BCUT2D eigenvalue weighted by Gasteiger charge is 2.29. The van der Waals surface area contributed by atoms with Crippen molar-refractivity contribution in [1.29, 1.82) is 0 Å². The molecular formula is C16H21N3O2S. The summed E-state index contributed by atoms with van der Waals surface area (Å²) in [6.07, 6.45) is 0.870. The number of thiazole rings is 1. The van der Waals surface area contributed by atoms with E-state index in [9.17, 15) is 4.79 Å². The van der Waals surface area contributed by atoms with Crippen LogP contribution in [0.5, 0.6) is 0 Å². The number of rotatable bonds is 5. The quantitative estimate of drug-likeness (QED) is 0.883. The number of carbonyl (C=O) groups excluding carboxylic acids is 1. The summed E-state index contributed by atoms with van der Waals surface area (Å²) >= 11 is 1.70. The molecule has 0 spiro atoms. The largest absolute Gasteiger partial charge is 0.380 e. The van der Waals surface area contributed by atoms with Crippen LogP contribution in [-0.4, -0.2) is 43.2 Å². The van der Waals surface area contributed by atoms with Gasteiger partial charge in [-0.15, -0.1) is 11.3 Å². The third-order valence-corrected chi connectivity index (χ3v) is 5.32. The van der Waals surface area contributed by atoms with Crippen LogP contribution in [0.3, 0.4) is 0 Å². The molecule has 1 fully saturated rings. The summed E-state index contributed by atoms with van der Waals surface area (Å²) < 4.78 is 6.46. The van der Waals surface area contributed by atoms with Gasteiger partial charge in [-0.1, -0.05) is 19.1 Å². The number of benzene rings is 1. The van der Waals surface area contributed by atoms with Gasteiger partial charge in [-0.3, -0.25) is 4.79 Å². The van der Waals surface area contributed by atoms with Gasteiger partial charge in [-0.2, -0.15) is 0 Å². The lowest BCUT2D eigenvalue weighted by Gasteiger charge is -2.14. The molecule has 22 heavy (non-hydrogen) atoms. The number of ether oxygens (including phenoxy) is 1. The maximum absolute atomic E-state index is 12.2. The summed E-state index contributed by atoms with van der Waals surface area (Å²) in [5.41, 5.74) is 1.03. The van der Waals surface area contributed by atoms with Gasteiger partial charge in [0, 0.05) is 26.1 Å².